The van der Waals surface area contributed by atoms with Gasteiger partial charge in [0.25, 0.3) is 5.91 Å². The quantitative estimate of drug-likeness (QED) is 0.567. The number of amides is 1. The molecule has 0 unspecified atom stereocenters. The van der Waals surface area contributed by atoms with Crippen molar-refractivity contribution < 1.29 is 9.53 Å². The number of carbonyl (C=O) groups is 1. The maximum absolute atomic E-state index is 11.9. The smallest absolute Gasteiger partial charge is 0.269 e. The molecular formula is C23H17ClN6O2. The van der Waals surface area contributed by atoms with Crippen LogP contribution in [0.15, 0.2) is 71.6 Å². The number of aromatic nitrogens is 2. The zero-order chi connectivity index (χ0) is 22.8. The van der Waals surface area contributed by atoms with Crippen molar-refractivity contribution in [3.8, 4) is 28.8 Å². The summed E-state index contributed by atoms with van der Waals surface area (Å²) in [6, 6.07) is 16.4. The zero-order valence-corrected chi connectivity index (χ0v) is 17.6. The highest BCUT2D eigenvalue weighted by Crippen LogP contribution is 2.29. The second-order valence-corrected chi connectivity index (χ2v) is 7.31. The summed E-state index contributed by atoms with van der Waals surface area (Å²) >= 11 is 6.14. The van der Waals surface area contributed by atoms with Crippen molar-refractivity contribution in [2.24, 2.45) is 5.73 Å². The first kappa shape index (κ1) is 20.9. The number of nitrogens with two attached hydrogens (primary N) is 1. The first-order valence-electron chi connectivity index (χ1n) is 9.43. The maximum Gasteiger partial charge on any atom is 0.269 e. The summed E-state index contributed by atoms with van der Waals surface area (Å²) in [7, 11) is 1.59. The van der Waals surface area contributed by atoms with Crippen molar-refractivity contribution in [1.82, 2.24) is 15.1 Å². The summed E-state index contributed by atoms with van der Waals surface area (Å²) in [5.41, 5.74) is 8.76. The van der Waals surface area contributed by atoms with Crippen molar-refractivity contribution in [2.45, 2.75) is 0 Å². The number of amidine groups is 1. The van der Waals surface area contributed by atoms with Crippen LogP contribution in [-0.2, 0) is 4.79 Å². The lowest BCUT2D eigenvalue weighted by atomic mass is 9.98. The van der Waals surface area contributed by atoms with Crippen LogP contribution < -0.4 is 15.8 Å². The first-order chi connectivity index (χ1) is 15.4. The van der Waals surface area contributed by atoms with E-state index >= 15 is 0 Å². The van der Waals surface area contributed by atoms with E-state index in [0.29, 0.717) is 22.0 Å². The minimum Gasteiger partial charge on any atom is -0.497 e. The highest BCUT2D eigenvalue weighted by Gasteiger charge is 2.27. The molecule has 1 aliphatic rings. The molecule has 0 radical (unpaired) electrons. The number of carbonyl (C=O) groups excluding carboxylic acids is 1. The van der Waals surface area contributed by atoms with Gasteiger partial charge in [-0.25, -0.2) is 4.68 Å². The van der Waals surface area contributed by atoms with Crippen LogP contribution in [0.5, 0.6) is 5.75 Å². The summed E-state index contributed by atoms with van der Waals surface area (Å²) in [6.07, 6.45) is 3.39. The van der Waals surface area contributed by atoms with Crippen molar-refractivity contribution >= 4 is 29.4 Å². The topological polar surface area (TPSA) is 130 Å². The van der Waals surface area contributed by atoms with Gasteiger partial charge in [0, 0.05) is 27.9 Å². The van der Waals surface area contributed by atoms with Gasteiger partial charge in [-0.15, -0.1) is 0 Å². The molecule has 32 heavy (non-hydrogen) atoms. The number of nitrogens with one attached hydrogen (secondary N) is 2. The number of benzene rings is 2. The zero-order valence-electron chi connectivity index (χ0n) is 16.9. The molecule has 0 aliphatic carbocycles. The lowest BCUT2D eigenvalue weighted by molar-refractivity contribution is -0.115. The number of nitrogens with zero attached hydrogens (tertiary/aromatic N) is 3. The van der Waals surface area contributed by atoms with E-state index in [0.717, 1.165) is 11.3 Å². The number of ether oxygens (including phenoxy) is 1. The monoisotopic (exact) mass is 444 g/mol. The summed E-state index contributed by atoms with van der Waals surface area (Å²) in [5.74, 6) is -0.189. The molecule has 1 aromatic heterocycles. The Bertz CT molecular complexity index is 1350. The third kappa shape index (κ3) is 3.85. The molecular weight excluding hydrogens is 428 g/mol. The van der Waals surface area contributed by atoms with Gasteiger partial charge in [0.1, 0.15) is 23.2 Å². The van der Waals surface area contributed by atoms with Crippen molar-refractivity contribution in [3.63, 3.8) is 0 Å². The Hall–Kier alpha value is -4.35. The maximum atomic E-state index is 11.9. The molecule has 1 aliphatic heterocycles. The fourth-order valence-electron chi connectivity index (χ4n) is 3.27. The second-order valence-electron chi connectivity index (χ2n) is 6.87. The van der Waals surface area contributed by atoms with Gasteiger partial charge in [-0.3, -0.25) is 10.2 Å². The highest BCUT2D eigenvalue weighted by atomic mass is 35.5. The molecule has 0 atom stereocenters. The molecule has 0 saturated carbocycles. The molecule has 3 aromatic rings. The summed E-state index contributed by atoms with van der Waals surface area (Å²) in [6.45, 7) is 0. The third-order valence-electron chi connectivity index (χ3n) is 4.88. The van der Waals surface area contributed by atoms with Crippen molar-refractivity contribution in [2.75, 3.05) is 7.11 Å². The number of methoxy groups -OCH3 is 1. The van der Waals surface area contributed by atoms with E-state index in [4.69, 9.17) is 32.6 Å². The van der Waals surface area contributed by atoms with Crippen LogP contribution in [0.2, 0.25) is 5.02 Å². The van der Waals surface area contributed by atoms with Crippen LogP contribution in [0.4, 0.5) is 0 Å². The molecule has 4 rings (SSSR count). The van der Waals surface area contributed by atoms with E-state index in [1.165, 1.54) is 0 Å². The van der Waals surface area contributed by atoms with Crippen LogP contribution >= 0.6 is 11.6 Å². The van der Waals surface area contributed by atoms with Crippen LogP contribution in [0.25, 0.3) is 23.0 Å². The van der Waals surface area contributed by atoms with Gasteiger partial charge in [0.05, 0.1) is 24.2 Å². The predicted octanol–water partition coefficient (Wildman–Crippen LogP) is 3.43. The molecule has 0 spiro atoms. The highest BCUT2D eigenvalue weighted by molar-refractivity contribution is 6.30. The molecule has 9 heteroatoms. The summed E-state index contributed by atoms with van der Waals surface area (Å²) in [5, 5.41) is 25.1. The third-order valence-corrected chi connectivity index (χ3v) is 5.12. The van der Waals surface area contributed by atoms with E-state index in [2.05, 4.69) is 5.32 Å². The van der Waals surface area contributed by atoms with E-state index < -0.39 is 5.91 Å². The molecule has 0 bridgehead atoms. The second kappa shape index (κ2) is 8.41. The molecule has 0 fully saturated rings. The Balaban J connectivity index is 1.91. The van der Waals surface area contributed by atoms with E-state index in [9.17, 15) is 10.1 Å². The van der Waals surface area contributed by atoms with E-state index in [1.54, 1.807) is 42.3 Å². The minimum atomic E-state index is -0.697. The van der Waals surface area contributed by atoms with Gasteiger partial charge in [-0.2, -0.15) is 10.4 Å². The van der Waals surface area contributed by atoms with Crippen molar-refractivity contribution in [1.29, 1.82) is 10.7 Å². The van der Waals surface area contributed by atoms with Gasteiger partial charge < -0.3 is 15.8 Å². The fourth-order valence-corrected chi connectivity index (χ4v) is 3.45. The number of hydrogen-bond donors (Lipinski definition) is 3. The lowest BCUT2D eigenvalue weighted by Crippen LogP contribution is -2.39. The predicted molar refractivity (Wildman–Crippen MR) is 121 cm³/mol. The molecule has 2 heterocycles. The normalized spacial score (nSPS) is 15.0. The number of hydrogen-bond acceptors (Lipinski definition) is 6. The van der Waals surface area contributed by atoms with E-state index in [1.807, 2.05) is 36.4 Å². The number of nitriles is 1. The van der Waals surface area contributed by atoms with Gasteiger partial charge in [0.15, 0.2) is 0 Å². The van der Waals surface area contributed by atoms with E-state index in [-0.39, 0.29) is 22.7 Å². The average Bonchev–Trinajstić information content (AvgIpc) is 3.21. The van der Waals surface area contributed by atoms with Gasteiger partial charge in [-0.1, -0.05) is 17.7 Å². The van der Waals surface area contributed by atoms with Crippen LogP contribution in [0.3, 0.4) is 0 Å². The van der Waals surface area contributed by atoms with Crippen LogP contribution in [0, 0.1) is 16.7 Å². The Labute approximate surface area is 188 Å². The SMILES string of the molecule is COc1ccc(-c2nn(-c3cccc(Cl)c3)cc2/C=C2\C(=N)NC(=O)C(C#N)=C2N)cc1. The standard InChI is InChI=1S/C23H17ClN6O2/c1-32-17-7-5-13(6-8-17)21-14(12-30(29-21)16-4-2-3-15(24)10-16)9-18-20(26)19(11-25)23(31)28-22(18)27/h2-10,12H,26H2,1H3,(H2,27,28,31)/b18-9-. The first-order valence-corrected chi connectivity index (χ1v) is 9.81. The van der Waals surface area contributed by atoms with Gasteiger partial charge >= 0.3 is 0 Å². The van der Waals surface area contributed by atoms with Crippen LogP contribution in [0.1, 0.15) is 5.56 Å². The summed E-state index contributed by atoms with van der Waals surface area (Å²) in [4.78, 5) is 11.9. The Kier molecular flexibility index (Phi) is 5.50. The number of rotatable bonds is 4. The van der Waals surface area contributed by atoms with Gasteiger partial charge in [0.2, 0.25) is 0 Å². The molecule has 2 aromatic carbocycles. The Morgan fingerprint density at radius 2 is 2.03 bits per heavy atom. The summed E-state index contributed by atoms with van der Waals surface area (Å²) < 4.78 is 6.89. The molecule has 0 saturated heterocycles. The molecule has 8 nitrogen and oxygen atoms in total. The average molecular weight is 445 g/mol. The number of halogens is 1. The van der Waals surface area contributed by atoms with Crippen molar-refractivity contribution in [3.05, 3.63) is 82.2 Å². The molecule has 4 N–H and O–H groups in total. The largest absolute Gasteiger partial charge is 0.497 e. The lowest BCUT2D eigenvalue weighted by Gasteiger charge is -2.17. The van der Waals surface area contributed by atoms with Gasteiger partial charge in [-0.05, 0) is 48.5 Å². The fraction of sp³-hybridized carbons (Fsp3) is 0.0435. The Morgan fingerprint density at radius 3 is 2.69 bits per heavy atom. The Morgan fingerprint density at radius 1 is 1.28 bits per heavy atom. The molecule has 158 valence electrons. The molecule has 1 amide bonds. The minimum absolute atomic E-state index is 0.0579. The van der Waals surface area contributed by atoms with Crippen LogP contribution in [-0.4, -0.2) is 28.6 Å².